The molecule has 0 bridgehead atoms. The van der Waals surface area contributed by atoms with Crippen LogP contribution in [0.2, 0.25) is 0 Å². The second-order valence-corrected chi connectivity index (χ2v) is 4.88. The SMILES string of the molecule is O=C(O)C1(C(F)F)CCN(C2CCC2)CC1. The maximum atomic E-state index is 12.9. The Morgan fingerprint density at radius 2 is 1.88 bits per heavy atom. The molecule has 0 aromatic carbocycles. The molecular weight excluding hydrogens is 216 g/mol. The van der Waals surface area contributed by atoms with Crippen molar-refractivity contribution in [2.24, 2.45) is 5.41 Å². The molecule has 2 aliphatic rings. The second kappa shape index (κ2) is 4.28. The summed E-state index contributed by atoms with van der Waals surface area (Å²) in [5.74, 6) is -1.34. The number of carboxylic acids is 1. The standard InChI is InChI=1S/C11H17F2NO2/c12-9(13)11(10(15)16)4-6-14(7-5-11)8-2-1-3-8/h8-9H,1-7H2,(H,15,16). The smallest absolute Gasteiger partial charge is 0.315 e. The van der Waals surface area contributed by atoms with Gasteiger partial charge < -0.3 is 10.0 Å². The molecule has 0 unspecified atom stereocenters. The summed E-state index contributed by atoms with van der Waals surface area (Å²) in [5, 5.41) is 8.96. The van der Waals surface area contributed by atoms with Gasteiger partial charge in [0.2, 0.25) is 0 Å². The quantitative estimate of drug-likeness (QED) is 0.810. The Bertz CT molecular complexity index is 271. The number of alkyl halides is 2. The van der Waals surface area contributed by atoms with Gasteiger partial charge in [-0.15, -0.1) is 0 Å². The Hall–Kier alpha value is -0.710. The molecule has 0 spiro atoms. The highest BCUT2D eigenvalue weighted by Gasteiger charge is 2.50. The van der Waals surface area contributed by atoms with E-state index in [0.717, 1.165) is 12.8 Å². The summed E-state index contributed by atoms with van der Waals surface area (Å²) >= 11 is 0. The Morgan fingerprint density at radius 1 is 1.31 bits per heavy atom. The third-order valence-corrected chi connectivity index (χ3v) is 4.12. The number of rotatable bonds is 3. The topological polar surface area (TPSA) is 40.5 Å². The van der Waals surface area contributed by atoms with Gasteiger partial charge >= 0.3 is 5.97 Å². The van der Waals surface area contributed by atoms with Gasteiger partial charge in [-0.25, -0.2) is 8.78 Å². The van der Waals surface area contributed by atoms with Crippen LogP contribution in [0.5, 0.6) is 0 Å². The third kappa shape index (κ3) is 1.81. The van der Waals surface area contributed by atoms with Gasteiger partial charge in [-0.2, -0.15) is 0 Å². The summed E-state index contributed by atoms with van der Waals surface area (Å²) in [5.41, 5.74) is -1.79. The number of likely N-dealkylation sites (tertiary alicyclic amines) is 1. The summed E-state index contributed by atoms with van der Waals surface area (Å²) in [4.78, 5) is 13.2. The lowest BCUT2D eigenvalue weighted by Crippen LogP contribution is -2.52. The summed E-state index contributed by atoms with van der Waals surface area (Å²) in [6, 6.07) is 0.518. The lowest BCUT2D eigenvalue weighted by atomic mass is 9.77. The molecule has 0 aromatic rings. The summed E-state index contributed by atoms with van der Waals surface area (Å²) in [7, 11) is 0. The maximum Gasteiger partial charge on any atom is 0.315 e. The van der Waals surface area contributed by atoms with E-state index in [9.17, 15) is 13.6 Å². The summed E-state index contributed by atoms with van der Waals surface area (Å²) in [6.45, 7) is 1.00. The molecule has 1 aliphatic heterocycles. The van der Waals surface area contributed by atoms with E-state index in [1.165, 1.54) is 6.42 Å². The molecule has 1 aliphatic carbocycles. The molecule has 0 radical (unpaired) electrons. The van der Waals surface area contributed by atoms with Crippen LogP contribution < -0.4 is 0 Å². The van der Waals surface area contributed by atoms with Crippen molar-refractivity contribution in [3.05, 3.63) is 0 Å². The van der Waals surface area contributed by atoms with Crippen molar-refractivity contribution in [1.82, 2.24) is 4.90 Å². The average Bonchev–Trinajstić information content (AvgIpc) is 2.15. The van der Waals surface area contributed by atoms with Crippen molar-refractivity contribution in [2.75, 3.05) is 13.1 Å². The predicted octanol–water partition coefficient (Wildman–Crippen LogP) is 1.97. The van der Waals surface area contributed by atoms with Crippen LogP contribution in [-0.2, 0) is 4.79 Å². The number of aliphatic carboxylic acids is 1. The van der Waals surface area contributed by atoms with Crippen LogP contribution in [0.1, 0.15) is 32.1 Å². The minimum absolute atomic E-state index is 0.0799. The highest BCUT2D eigenvalue weighted by Crippen LogP contribution is 2.40. The summed E-state index contributed by atoms with van der Waals surface area (Å²) in [6.07, 6.45) is 0.880. The van der Waals surface area contributed by atoms with Crippen molar-refractivity contribution in [3.8, 4) is 0 Å². The zero-order chi connectivity index (χ0) is 11.8. The van der Waals surface area contributed by atoms with Crippen molar-refractivity contribution in [2.45, 2.75) is 44.6 Å². The highest BCUT2D eigenvalue weighted by molar-refractivity contribution is 5.75. The van der Waals surface area contributed by atoms with Crippen molar-refractivity contribution in [1.29, 1.82) is 0 Å². The van der Waals surface area contributed by atoms with E-state index in [1.807, 2.05) is 0 Å². The highest BCUT2D eigenvalue weighted by atomic mass is 19.3. The van der Waals surface area contributed by atoms with Crippen LogP contribution in [0.4, 0.5) is 8.78 Å². The van der Waals surface area contributed by atoms with Gasteiger partial charge in [-0.1, -0.05) is 6.42 Å². The number of carbonyl (C=O) groups is 1. The Morgan fingerprint density at radius 3 is 2.19 bits per heavy atom. The van der Waals surface area contributed by atoms with Gasteiger partial charge in [-0.3, -0.25) is 4.79 Å². The van der Waals surface area contributed by atoms with E-state index in [1.54, 1.807) is 0 Å². The van der Waals surface area contributed by atoms with E-state index in [0.29, 0.717) is 19.1 Å². The number of nitrogens with zero attached hydrogens (tertiary/aromatic N) is 1. The first-order valence-corrected chi connectivity index (χ1v) is 5.82. The van der Waals surface area contributed by atoms with Gasteiger partial charge in [0.1, 0.15) is 5.41 Å². The van der Waals surface area contributed by atoms with E-state index in [2.05, 4.69) is 4.90 Å². The van der Waals surface area contributed by atoms with Crippen LogP contribution in [0.3, 0.4) is 0 Å². The van der Waals surface area contributed by atoms with Gasteiger partial charge in [0.05, 0.1) is 0 Å². The van der Waals surface area contributed by atoms with Crippen LogP contribution in [0, 0.1) is 5.41 Å². The molecule has 0 aromatic heterocycles. The maximum absolute atomic E-state index is 12.9. The van der Waals surface area contributed by atoms with Crippen molar-refractivity contribution in [3.63, 3.8) is 0 Å². The minimum atomic E-state index is -2.76. The molecule has 1 saturated carbocycles. The molecule has 2 rings (SSSR count). The molecule has 2 fully saturated rings. The Kier molecular flexibility index (Phi) is 3.15. The Balaban J connectivity index is 1.97. The molecule has 0 amide bonds. The molecule has 92 valence electrons. The van der Waals surface area contributed by atoms with Crippen LogP contribution in [-0.4, -0.2) is 41.5 Å². The Labute approximate surface area is 93.4 Å². The van der Waals surface area contributed by atoms with Gasteiger partial charge in [-0.05, 0) is 38.8 Å². The van der Waals surface area contributed by atoms with E-state index < -0.39 is 17.8 Å². The molecule has 1 saturated heterocycles. The van der Waals surface area contributed by atoms with Crippen LogP contribution in [0.15, 0.2) is 0 Å². The van der Waals surface area contributed by atoms with Crippen molar-refractivity contribution < 1.29 is 18.7 Å². The first-order valence-electron chi connectivity index (χ1n) is 5.82. The molecule has 5 heteroatoms. The molecule has 1 N–H and O–H groups in total. The zero-order valence-electron chi connectivity index (χ0n) is 9.16. The fourth-order valence-corrected chi connectivity index (χ4v) is 2.57. The average molecular weight is 233 g/mol. The normalized spacial score (nSPS) is 26.7. The van der Waals surface area contributed by atoms with E-state index >= 15 is 0 Å². The molecule has 3 nitrogen and oxygen atoms in total. The molecule has 1 heterocycles. The number of hydrogen-bond acceptors (Lipinski definition) is 2. The number of piperidine rings is 1. The molecule has 0 atom stereocenters. The van der Waals surface area contributed by atoms with Gasteiger partial charge in [0.15, 0.2) is 0 Å². The van der Waals surface area contributed by atoms with Crippen molar-refractivity contribution >= 4 is 5.97 Å². The molecule has 16 heavy (non-hydrogen) atoms. The predicted molar refractivity (Wildman–Crippen MR) is 54.5 cm³/mol. The number of hydrogen-bond donors (Lipinski definition) is 1. The lowest BCUT2D eigenvalue weighted by molar-refractivity contribution is -0.166. The number of halogens is 2. The molecular formula is C11H17F2NO2. The van der Waals surface area contributed by atoms with Gasteiger partial charge in [0, 0.05) is 6.04 Å². The second-order valence-electron chi connectivity index (χ2n) is 4.88. The number of carboxylic acid groups (broad SMARTS) is 1. The fraction of sp³-hybridized carbons (Fsp3) is 0.909. The fourth-order valence-electron chi connectivity index (χ4n) is 2.57. The third-order valence-electron chi connectivity index (χ3n) is 4.12. The first-order chi connectivity index (χ1) is 7.56. The van der Waals surface area contributed by atoms with E-state index in [-0.39, 0.29) is 12.8 Å². The van der Waals surface area contributed by atoms with Crippen LogP contribution >= 0.6 is 0 Å². The van der Waals surface area contributed by atoms with Crippen LogP contribution in [0.25, 0.3) is 0 Å². The largest absolute Gasteiger partial charge is 0.481 e. The van der Waals surface area contributed by atoms with Gasteiger partial charge in [0.25, 0.3) is 6.43 Å². The minimum Gasteiger partial charge on any atom is -0.481 e. The zero-order valence-corrected chi connectivity index (χ0v) is 9.16. The summed E-state index contributed by atoms with van der Waals surface area (Å²) < 4.78 is 25.7. The first kappa shape index (κ1) is 11.8. The monoisotopic (exact) mass is 233 g/mol. The van der Waals surface area contributed by atoms with E-state index in [4.69, 9.17) is 5.11 Å². The lowest BCUT2D eigenvalue weighted by Gasteiger charge is -2.44.